The SMILES string of the molecule is Cc1ccccc1/C=C(\C#N)C(=O)OC(C)(C)C. The van der Waals surface area contributed by atoms with Crippen molar-refractivity contribution in [2.45, 2.75) is 33.3 Å². The summed E-state index contributed by atoms with van der Waals surface area (Å²) in [6, 6.07) is 9.44. The van der Waals surface area contributed by atoms with Crippen LogP contribution < -0.4 is 0 Å². The maximum absolute atomic E-state index is 11.8. The van der Waals surface area contributed by atoms with Crippen LogP contribution >= 0.6 is 0 Å². The van der Waals surface area contributed by atoms with Gasteiger partial charge in [0.2, 0.25) is 0 Å². The lowest BCUT2D eigenvalue weighted by Crippen LogP contribution is -2.24. The first-order valence-corrected chi connectivity index (χ1v) is 5.74. The Bertz CT molecular complexity index is 516. The number of hydrogen-bond acceptors (Lipinski definition) is 3. The minimum absolute atomic E-state index is 0.0132. The van der Waals surface area contributed by atoms with E-state index in [9.17, 15) is 4.79 Å². The predicted octanol–water partition coefficient (Wildman–Crippen LogP) is 3.24. The molecule has 0 spiro atoms. The highest BCUT2D eigenvalue weighted by Crippen LogP contribution is 2.15. The highest BCUT2D eigenvalue weighted by molar-refractivity contribution is 5.98. The molecule has 1 rings (SSSR count). The molecule has 1 aromatic carbocycles. The Hall–Kier alpha value is -2.08. The third kappa shape index (κ3) is 4.06. The molecule has 0 bridgehead atoms. The Labute approximate surface area is 108 Å². The number of carbonyl (C=O) groups is 1. The van der Waals surface area contributed by atoms with Gasteiger partial charge in [0.1, 0.15) is 17.2 Å². The molecule has 18 heavy (non-hydrogen) atoms. The van der Waals surface area contributed by atoms with Crippen LogP contribution in [0.4, 0.5) is 0 Å². The van der Waals surface area contributed by atoms with Crippen LogP contribution in [-0.2, 0) is 9.53 Å². The Morgan fingerprint density at radius 1 is 1.33 bits per heavy atom. The minimum Gasteiger partial charge on any atom is -0.456 e. The number of hydrogen-bond donors (Lipinski definition) is 0. The average molecular weight is 243 g/mol. The van der Waals surface area contributed by atoms with E-state index >= 15 is 0 Å². The molecular formula is C15H17NO2. The molecule has 0 heterocycles. The van der Waals surface area contributed by atoms with E-state index in [1.54, 1.807) is 26.8 Å². The van der Waals surface area contributed by atoms with Crippen LogP contribution in [0.2, 0.25) is 0 Å². The second-order valence-electron chi connectivity index (χ2n) is 5.03. The zero-order chi connectivity index (χ0) is 13.8. The predicted molar refractivity (Wildman–Crippen MR) is 70.6 cm³/mol. The van der Waals surface area contributed by atoms with E-state index in [2.05, 4.69) is 0 Å². The van der Waals surface area contributed by atoms with Crippen molar-refractivity contribution >= 4 is 12.0 Å². The van der Waals surface area contributed by atoms with Crippen molar-refractivity contribution in [3.63, 3.8) is 0 Å². The van der Waals surface area contributed by atoms with Gasteiger partial charge in [0, 0.05) is 0 Å². The number of esters is 1. The molecule has 0 radical (unpaired) electrons. The molecule has 0 unspecified atom stereocenters. The molecule has 0 fully saturated rings. The summed E-state index contributed by atoms with van der Waals surface area (Å²) in [5, 5.41) is 9.03. The Morgan fingerprint density at radius 3 is 2.44 bits per heavy atom. The van der Waals surface area contributed by atoms with Gasteiger partial charge in [0.05, 0.1) is 0 Å². The topological polar surface area (TPSA) is 50.1 Å². The maximum Gasteiger partial charge on any atom is 0.349 e. The largest absolute Gasteiger partial charge is 0.456 e. The van der Waals surface area contributed by atoms with Crippen molar-refractivity contribution < 1.29 is 9.53 Å². The van der Waals surface area contributed by atoms with Gasteiger partial charge >= 0.3 is 5.97 Å². The lowest BCUT2D eigenvalue weighted by molar-refractivity contribution is -0.149. The number of nitriles is 1. The molecule has 3 heteroatoms. The van der Waals surface area contributed by atoms with Gasteiger partial charge in [0.25, 0.3) is 0 Å². The number of nitrogens with zero attached hydrogens (tertiary/aromatic N) is 1. The Morgan fingerprint density at radius 2 is 1.94 bits per heavy atom. The summed E-state index contributed by atoms with van der Waals surface area (Å²) in [4.78, 5) is 11.8. The fraction of sp³-hybridized carbons (Fsp3) is 0.333. The van der Waals surface area contributed by atoms with E-state index in [-0.39, 0.29) is 5.57 Å². The van der Waals surface area contributed by atoms with Gasteiger partial charge in [0.15, 0.2) is 0 Å². The molecule has 0 aliphatic carbocycles. The summed E-state index contributed by atoms with van der Waals surface area (Å²) in [6.07, 6.45) is 1.56. The quantitative estimate of drug-likeness (QED) is 0.455. The molecule has 0 aliphatic rings. The summed E-state index contributed by atoms with van der Waals surface area (Å²) >= 11 is 0. The zero-order valence-corrected chi connectivity index (χ0v) is 11.2. The molecular weight excluding hydrogens is 226 g/mol. The molecule has 0 atom stereocenters. The normalized spacial score (nSPS) is 11.8. The smallest absolute Gasteiger partial charge is 0.349 e. The average Bonchev–Trinajstić information content (AvgIpc) is 2.25. The van der Waals surface area contributed by atoms with Crippen molar-refractivity contribution in [2.75, 3.05) is 0 Å². The fourth-order valence-electron chi connectivity index (χ4n) is 1.37. The van der Waals surface area contributed by atoms with Crippen molar-refractivity contribution in [2.24, 2.45) is 0 Å². The van der Waals surface area contributed by atoms with Gasteiger partial charge in [-0.1, -0.05) is 24.3 Å². The van der Waals surface area contributed by atoms with Crippen molar-refractivity contribution in [1.29, 1.82) is 5.26 Å². The molecule has 0 aromatic heterocycles. The van der Waals surface area contributed by atoms with Gasteiger partial charge in [-0.3, -0.25) is 0 Å². The van der Waals surface area contributed by atoms with E-state index in [1.807, 2.05) is 37.3 Å². The summed E-state index contributed by atoms with van der Waals surface area (Å²) in [6.45, 7) is 7.24. The van der Waals surface area contributed by atoms with Crippen LogP contribution in [0.5, 0.6) is 0 Å². The minimum atomic E-state index is -0.598. The number of ether oxygens (including phenoxy) is 1. The van der Waals surface area contributed by atoms with Crippen molar-refractivity contribution in [3.05, 3.63) is 41.0 Å². The van der Waals surface area contributed by atoms with E-state index in [1.165, 1.54) is 0 Å². The number of benzene rings is 1. The van der Waals surface area contributed by atoms with Gasteiger partial charge in [-0.25, -0.2) is 4.79 Å². The number of aryl methyl sites for hydroxylation is 1. The van der Waals surface area contributed by atoms with E-state index in [4.69, 9.17) is 10.00 Å². The molecule has 94 valence electrons. The standard InChI is InChI=1S/C15H17NO2/c1-11-7-5-6-8-12(11)9-13(10-16)14(17)18-15(2,3)4/h5-9H,1-4H3/b13-9+. The lowest BCUT2D eigenvalue weighted by Gasteiger charge is -2.19. The molecule has 1 aromatic rings. The van der Waals surface area contributed by atoms with Crippen LogP contribution in [0.1, 0.15) is 31.9 Å². The first-order chi connectivity index (χ1) is 8.33. The first kappa shape index (κ1) is 14.0. The highest BCUT2D eigenvalue weighted by atomic mass is 16.6. The van der Waals surface area contributed by atoms with Gasteiger partial charge in [-0.15, -0.1) is 0 Å². The van der Waals surface area contributed by atoms with Gasteiger partial charge in [-0.2, -0.15) is 5.26 Å². The second kappa shape index (κ2) is 5.50. The molecule has 3 nitrogen and oxygen atoms in total. The lowest BCUT2D eigenvalue weighted by atomic mass is 10.1. The third-order valence-corrected chi connectivity index (χ3v) is 2.23. The van der Waals surface area contributed by atoms with Crippen LogP contribution in [0.3, 0.4) is 0 Å². The summed E-state index contributed by atoms with van der Waals surface area (Å²) in [5.41, 5.74) is 1.27. The molecule has 0 saturated heterocycles. The van der Waals surface area contributed by atoms with Crippen molar-refractivity contribution in [1.82, 2.24) is 0 Å². The maximum atomic E-state index is 11.8. The van der Waals surface area contributed by atoms with Crippen LogP contribution in [0.25, 0.3) is 6.08 Å². The number of rotatable bonds is 2. The summed E-state index contributed by atoms with van der Waals surface area (Å²) in [5.74, 6) is -0.590. The van der Waals surface area contributed by atoms with E-state index < -0.39 is 11.6 Å². The molecule has 0 saturated carbocycles. The van der Waals surface area contributed by atoms with Crippen LogP contribution in [-0.4, -0.2) is 11.6 Å². The summed E-state index contributed by atoms with van der Waals surface area (Å²) in [7, 11) is 0. The first-order valence-electron chi connectivity index (χ1n) is 5.74. The third-order valence-electron chi connectivity index (χ3n) is 2.23. The molecule has 0 N–H and O–H groups in total. The summed E-state index contributed by atoms with van der Waals surface area (Å²) < 4.78 is 5.17. The van der Waals surface area contributed by atoms with Gasteiger partial charge < -0.3 is 4.74 Å². The fourth-order valence-corrected chi connectivity index (χ4v) is 1.37. The van der Waals surface area contributed by atoms with Crippen LogP contribution in [0, 0.1) is 18.3 Å². The molecule has 0 aliphatic heterocycles. The van der Waals surface area contributed by atoms with E-state index in [0.29, 0.717) is 0 Å². The second-order valence-corrected chi connectivity index (χ2v) is 5.03. The highest BCUT2D eigenvalue weighted by Gasteiger charge is 2.19. The van der Waals surface area contributed by atoms with Gasteiger partial charge in [-0.05, 0) is 44.9 Å². The monoisotopic (exact) mass is 243 g/mol. The van der Waals surface area contributed by atoms with E-state index in [0.717, 1.165) is 11.1 Å². The Balaban J connectivity index is 3.02. The Kier molecular flexibility index (Phi) is 4.28. The molecule has 0 amide bonds. The number of carbonyl (C=O) groups excluding carboxylic acids is 1. The van der Waals surface area contributed by atoms with Crippen LogP contribution in [0.15, 0.2) is 29.8 Å². The zero-order valence-electron chi connectivity index (χ0n) is 11.2. The van der Waals surface area contributed by atoms with Crippen molar-refractivity contribution in [3.8, 4) is 6.07 Å².